The van der Waals surface area contributed by atoms with Crippen LogP contribution in [-0.4, -0.2) is 11.2 Å². The zero-order valence-corrected chi connectivity index (χ0v) is 10.6. The third kappa shape index (κ3) is 1.81. The van der Waals surface area contributed by atoms with E-state index in [-0.39, 0.29) is 6.10 Å². The molecule has 4 bridgehead atoms. The highest BCUT2D eigenvalue weighted by atomic mass is 16.3. The Hall–Kier alpha value is -0.0400. The molecule has 0 aliphatic heterocycles. The third-order valence-electron chi connectivity index (χ3n) is 5.60. The second-order valence-corrected chi connectivity index (χ2v) is 6.72. The van der Waals surface area contributed by atoms with Gasteiger partial charge < -0.3 is 5.11 Å². The second-order valence-electron chi connectivity index (χ2n) is 6.72. The molecule has 4 rings (SSSR count). The molecule has 1 N–H and O–H groups in total. The van der Waals surface area contributed by atoms with Crippen LogP contribution in [0, 0.1) is 29.6 Å². The van der Waals surface area contributed by atoms with Gasteiger partial charge in [-0.1, -0.05) is 19.8 Å². The SMILES string of the molecule is CCCCC(O)C1C2CC3CC(C2)CC1C3. The van der Waals surface area contributed by atoms with Gasteiger partial charge in [-0.15, -0.1) is 0 Å². The van der Waals surface area contributed by atoms with Crippen molar-refractivity contribution >= 4 is 0 Å². The normalized spacial score (nSPS) is 47.2. The average molecular weight is 222 g/mol. The van der Waals surface area contributed by atoms with Crippen molar-refractivity contribution in [2.45, 2.75) is 64.4 Å². The van der Waals surface area contributed by atoms with Crippen LogP contribution in [0.3, 0.4) is 0 Å². The summed E-state index contributed by atoms with van der Waals surface area (Å²) in [5, 5.41) is 10.4. The Morgan fingerprint density at radius 3 is 2.06 bits per heavy atom. The molecule has 0 aromatic carbocycles. The minimum absolute atomic E-state index is 0.0231. The molecule has 0 heterocycles. The summed E-state index contributed by atoms with van der Waals surface area (Å²) < 4.78 is 0. The molecule has 0 aromatic heterocycles. The lowest BCUT2D eigenvalue weighted by Crippen LogP contribution is -2.49. The standard InChI is InChI=1S/C15H26O/c1-2-3-4-14(16)15-12-6-10-5-11(8-12)9-13(15)7-10/h10-16H,2-9H2,1H3. The van der Waals surface area contributed by atoms with Gasteiger partial charge in [0.15, 0.2) is 0 Å². The van der Waals surface area contributed by atoms with Crippen molar-refractivity contribution in [2.24, 2.45) is 29.6 Å². The van der Waals surface area contributed by atoms with E-state index in [4.69, 9.17) is 0 Å². The predicted octanol–water partition coefficient (Wildman–Crippen LogP) is 3.61. The van der Waals surface area contributed by atoms with Crippen LogP contribution in [0.15, 0.2) is 0 Å². The lowest BCUT2D eigenvalue weighted by molar-refractivity contribution is -0.0914. The Kier molecular flexibility index (Phi) is 2.99. The summed E-state index contributed by atoms with van der Waals surface area (Å²) in [6.07, 6.45) is 10.8. The molecule has 1 atom stereocenters. The highest BCUT2D eigenvalue weighted by molar-refractivity contribution is 4.99. The first-order chi connectivity index (χ1) is 7.78. The molecule has 0 spiro atoms. The molecule has 0 saturated heterocycles. The fourth-order valence-electron chi connectivity index (χ4n) is 5.20. The molecule has 1 unspecified atom stereocenters. The maximum Gasteiger partial charge on any atom is 0.0573 e. The molecule has 4 saturated carbocycles. The van der Waals surface area contributed by atoms with Gasteiger partial charge in [-0.25, -0.2) is 0 Å². The van der Waals surface area contributed by atoms with Crippen molar-refractivity contribution in [3.63, 3.8) is 0 Å². The number of aliphatic hydroxyl groups excluding tert-OH is 1. The van der Waals surface area contributed by atoms with Crippen LogP contribution in [0.5, 0.6) is 0 Å². The minimum Gasteiger partial charge on any atom is -0.393 e. The van der Waals surface area contributed by atoms with Crippen molar-refractivity contribution < 1.29 is 5.11 Å². The first-order valence-electron chi connectivity index (χ1n) is 7.46. The highest BCUT2D eigenvalue weighted by Gasteiger charge is 2.49. The molecule has 4 fully saturated rings. The molecule has 92 valence electrons. The molecule has 0 aromatic rings. The lowest BCUT2D eigenvalue weighted by atomic mass is 9.50. The van der Waals surface area contributed by atoms with E-state index < -0.39 is 0 Å². The monoisotopic (exact) mass is 222 g/mol. The molecule has 4 aliphatic carbocycles. The summed E-state index contributed by atoms with van der Waals surface area (Å²) in [6.45, 7) is 2.23. The topological polar surface area (TPSA) is 20.2 Å². The van der Waals surface area contributed by atoms with Crippen molar-refractivity contribution in [2.75, 3.05) is 0 Å². The van der Waals surface area contributed by atoms with Gasteiger partial charge in [0.05, 0.1) is 6.10 Å². The fraction of sp³-hybridized carbons (Fsp3) is 1.00. The summed E-state index contributed by atoms with van der Waals surface area (Å²) >= 11 is 0. The van der Waals surface area contributed by atoms with Crippen LogP contribution in [-0.2, 0) is 0 Å². The van der Waals surface area contributed by atoms with Crippen LogP contribution in [0.1, 0.15) is 58.3 Å². The number of hydrogen-bond acceptors (Lipinski definition) is 1. The summed E-state index contributed by atoms with van der Waals surface area (Å²) in [6, 6.07) is 0. The maximum absolute atomic E-state index is 10.4. The van der Waals surface area contributed by atoms with Crippen molar-refractivity contribution in [3.05, 3.63) is 0 Å². The maximum atomic E-state index is 10.4. The molecular weight excluding hydrogens is 196 g/mol. The fourth-order valence-corrected chi connectivity index (χ4v) is 5.20. The summed E-state index contributed by atoms with van der Waals surface area (Å²) in [5.74, 6) is 4.54. The minimum atomic E-state index is 0.0231. The van der Waals surface area contributed by atoms with E-state index >= 15 is 0 Å². The van der Waals surface area contributed by atoms with Crippen molar-refractivity contribution in [1.29, 1.82) is 0 Å². The summed E-state index contributed by atoms with van der Waals surface area (Å²) in [4.78, 5) is 0. The van der Waals surface area contributed by atoms with Crippen LogP contribution in [0.2, 0.25) is 0 Å². The molecule has 1 heteroatoms. The van der Waals surface area contributed by atoms with Crippen LogP contribution in [0.25, 0.3) is 0 Å². The number of hydrogen-bond donors (Lipinski definition) is 1. The Bertz CT molecular complexity index is 220. The Labute approximate surface area is 99.6 Å². The van der Waals surface area contributed by atoms with Crippen LogP contribution < -0.4 is 0 Å². The molecule has 4 aliphatic rings. The molecule has 16 heavy (non-hydrogen) atoms. The highest BCUT2D eigenvalue weighted by Crippen LogP contribution is 2.57. The van der Waals surface area contributed by atoms with Crippen molar-refractivity contribution in [3.8, 4) is 0 Å². The van der Waals surface area contributed by atoms with Gasteiger partial charge in [-0.2, -0.15) is 0 Å². The van der Waals surface area contributed by atoms with Gasteiger partial charge in [-0.05, 0) is 68.1 Å². The molecule has 0 radical (unpaired) electrons. The Morgan fingerprint density at radius 1 is 1.00 bits per heavy atom. The number of unbranched alkanes of at least 4 members (excludes halogenated alkanes) is 1. The number of aliphatic hydroxyl groups is 1. The van der Waals surface area contributed by atoms with E-state index in [1.165, 1.54) is 44.9 Å². The van der Waals surface area contributed by atoms with Gasteiger partial charge in [0.1, 0.15) is 0 Å². The molecular formula is C15H26O. The van der Waals surface area contributed by atoms with E-state index in [1.807, 2.05) is 0 Å². The predicted molar refractivity (Wildman–Crippen MR) is 66.1 cm³/mol. The summed E-state index contributed by atoms with van der Waals surface area (Å²) in [5.41, 5.74) is 0. The van der Waals surface area contributed by atoms with Gasteiger partial charge in [-0.3, -0.25) is 0 Å². The lowest BCUT2D eigenvalue weighted by Gasteiger charge is -2.55. The van der Waals surface area contributed by atoms with Gasteiger partial charge >= 0.3 is 0 Å². The smallest absolute Gasteiger partial charge is 0.0573 e. The van der Waals surface area contributed by atoms with Gasteiger partial charge in [0.25, 0.3) is 0 Å². The first kappa shape index (κ1) is 11.1. The van der Waals surface area contributed by atoms with E-state index in [0.717, 1.165) is 30.1 Å². The van der Waals surface area contributed by atoms with Crippen LogP contribution in [0.4, 0.5) is 0 Å². The van der Waals surface area contributed by atoms with E-state index in [2.05, 4.69) is 6.92 Å². The quantitative estimate of drug-likeness (QED) is 0.770. The van der Waals surface area contributed by atoms with Crippen molar-refractivity contribution in [1.82, 2.24) is 0 Å². The average Bonchev–Trinajstić information content (AvgIpc) is 2.24. The Morgan fingerprint density at radius 2 is 1.56 bits per heavy atom. The van der Waals surface area contributed by atoms with E-state index in [0.29, 0.717) is 5.92 Å². The number of rotatable bonds is 4. The molecule has 0 amide bonds. The molecule has 1 nitrogen and oxygen atoms in total. The second kappa shape index (κ2) is 4.33. The first-order valence-corrected chi connectivity index (χ1v) is 7.46. The van der Waals surface area contributed by atoms with Gasteiger partial charge in [0, 0.05) is 0 Å². The zero-order chi connectivity index (χ0) is 11.1. The largest absolute Gasteiger partial charge is 0.393 e. The Balaban J connectivity index is 1.67. The van der Waals surface area contributed by atoms with Crippen LogP contribution >= 0.6 is 0 Å². The van der Waals surface area contributed by atoms with Gasteiger partial charge in [0.2, 0.25) is 0 Å². The van der Waals surface area contributed by atoms with E-state index in [1.54, 1.807) is 0 Å². The summed E-state index contributed by atoms with van der Waals surface area (Å²) in [7, 11) is 0. The van der Waals surface area contributed by atoms with E-state index in [9.17, 15) is 5.11 Å². The third-order valence-corrected chi connectivity index (χ3v) is 5.60. The zero-order valence-electron chi connectivity index (χ0n) is 10.6.